The van der Waals surface area contributed by atoms with Crippen LogP contribution in [-0.4, -0.2) is 53.0 Å². The molecule has 3 aromatic rings. The minimum absolute atomic E-state index is 0.0304. The number of aliphatic hydroxyl groups is 2. The maximum absolute atomic E-state index is 12.8. The third-order valence-electron chi connectivity index (χ3n) is 7.53. The Morgan fingerprint density at radius 1 is 1.07 bits per heavy atom. The van der Waals surface area contributed by atoms with Crippen molar-refractivity contribution in [1.29, 1.82) is 0 Å². The minimum Gasteiger partial charge on any atom is -0.402 e. The first-order valence-corrected chi connectivity index (χ1v) is 15.7. The summed E-state index contributed by atoms with van der Waals surface area (Å²) in [5.41, 5.74) is -0.615. The molecule has 0 radical (unpaired) electrons. The minimum atomic E-state index is -3.00. The van der Waals surface area contributed by atoms with Crippen LogP contribution in [0.4, 0.5) is 0 Å². The number of hydrogen-bond donors (Lipinski definition) is 3. The summed E-state index contributed by atoms with van der Waals surface area (Å²) in [6.07, 6.45) is 3.35. The number of ether oxygens (including phenoxy) is 1. The van der Waals surface area contributed by atoms with Gasteiger partial charge >= 0.3 is 5.69 Å². The van der Waals surface area contributed by atoms with Gasteiger partial charge in [-0.3, -0.25) is 14.3 Å². The highest BCUT2D eigenvalue weighted by molar-refractivity contribution is 6.99. The molecular formula is C31H40N2O6Si. The molecule has 40 heavy (non-hydrogen) atoms. The Kier molecular flexibility index (Phi) is 9.43. The van der Waals surface area contributed by atoms with E-state index in [9.17, 15) is 14.7 Å². The van der Waals surface area contributed by atoms with Crippen molar-refractivity contribution in [2.24, 2.45) is 0 Å². The van der Waals surface area contributed by atoms with Gasteiger partial charge in [0.25, 0.3) is 13.9 Å². The van der Waals surface area contributed by atoms with Gasteiger partial charge in [0, 0.05) is 24.8 Å². The molecule has 0 amide bonds. The number of H-pyrrole nitrogens is 1. The Hall–Kier alpha value is -3.08. The van der Waals surface area contributed by atoms with Crippen LogP contribution < -0.4 is 21.6 Å². The number of aromatic nitrogens is 2. The summed E-state index contributed by atoms with van der Waals surface area (Å²) >= 11 is 0. The average Bonchev–Trinajstić information content (AvgIpc) is 3.35. The highest BCUT2D eigenvalue weighted by Gasteiger charge is 2.54. The van der Waals surface area contributed by atoms with Gasteiger partial charge in [-0.05, 0) is 35.2 Å². The molecule has 8 nitrogen and oxygen atoms in total. The van der Waals surface area contributed by atoms with Crippen LogP contribution in [0, 0.1) is 6.92 Å². The average molecular weight is 565 g/mol. The fourth-order valence-corrected chi connectivity index (χ4v) is 10.3. The highest BCUT2D eigenvalue weighted by Crippen LogP contribution is 2.41. The lowest BCUT2D eigenvalue weighted by Gasteiger charge is -2.45. The zero-order valence-corrected chi connectivity index (χ0v) is 24.6. The van der Waals surface area contributed by atoms with Crippen molar-refractivity contribution in [2.45, 2.75) is 76.5 Å². The quantitative estimate of drug-likeness (QED) is 0.258. The molecule has 2 heterocycles. The fraction of sp³-hybridized carbons (Fsp3) is 0.419. The van der Waals surface area contributed by atoms with Crippen molar-refractivity contribution in [3.63, 3.8) is 0 Å². The number of aromatic amines is 1. The summed E-state index contributed by atoms with van der Waals surface area (Å²) in [5.74, 6) is 0. The molecule has 0 saturated carbocycles. The standard InChI is InChI=1S/C31H40N2O6Si/c1-22-21-33(30(37)32-29(22)36)27-20-26(28(38-27)25(35)18-12-7-13-19-34)39-40(31(2,3)4,23-14-8-5-9-15-23)24-16-10-6-11-17-24/h5-12,14-17,21,25-28,34-35H,13,18-20H2,1-4H3,(H,32,36,37)/b12-7+/t25-,26+,27-,28-/m1/s1. The van der Waals surface area contributed by atoms with Gasteiger partial charge in [0.1, 0.15) is 12.3 Å². The second kappa shape index (κ2) is 12.6. The predicted molar refractivity (Wildman–Crippen MR) is 159 cm³/mol. The maximum atomic E-state index is 12.8. The van der Waals surface area contributed by atoms with Gasteiger partial charge in [0.2, 0.25) is 0 Å². The molecular weight excluding hydrogens is 524 g/mol. The van der Waals surface area contributed by atoms with Crippen molar-refractivity contribution in [1.82, 2.24) is 9.55 Å². The molecule has 0 unspecified atom stereocenters. The molecule has 0 bridgehead atoms. The van der Waals surface area contributed by atoms with Crippen molar-refractivity contribution >= 4 is 18.7 Å². The topological polar surface area (TPSA) is 114 Å². The van der Waals surface area contributed by atoms with Crippen LogP contribution in [0.15, 0.2) is 88.6 Å². The lowest BCUT2D eigenvalue weighted by molar-refractivity contribution is -0.0794. The van der Waals surface area contributed by atoms with E-state index in [0.717, 1.165) is 10.4 Å². The Labute approximate surface area is 236 Å². The fourth-order valence-electron chi connectivity index (χ4n) is 5.57. The first kappa shape index (κ1) is 29.9. The van der Waals surface area contributed by atoms with Gasteiger partial charge in [-0.25, -0.2) is 4.79 Å². The van der Waals surface area contributed by atoms with Gasteiger partial charge in [-0.15, -0.1) is 0 Å². The van der Waals surface area contributed by atoms with Crippen LogP contribution in [0.25, 0.3) is 0 Å². The summed E-state index contributed by atoms with van der Waals surface area (Å²) in [6.45, 7) is 8.23. The predicted octanol–water partition coefficient (Wildman–Crippen LogP) is 2.77. The Balaban J connectivity index is 1.81. The summed E-state index contributed by atoms with van der Waals surface area (Å²) in [7, 11) is -3.00. The van der Waals surface area contributed by atoms with Crippen LogP contribution in [0.3, 0.4) is 0 Å². The van der Waals surface area contributed by atoms with Crippen LogP contribution in [0.2, 0.25) is 5.04 Å². The SMILES string of the molecule is Cc1cn([C@H]2C[C@H](O[Si](c3ccccc3)(c3ccccc3)C(C)(C)C)[C@@H]([C@H](O)C/C=C/CCO)O2)c(=O)[nH]c1=O. The molecule has 1 fully saturated rings. The van der Waals surface area contributed by atoms with E-state index in [4.69, 9.17) is 14.3 Å². The second-order valence-electron chi connectivity index (χ2n) is 11.4. The van der Waals surface area contributed by atoms with Gasteiger partial charge in [-0.2, -0.15) is 0 Å². The number of hydrogen-bond acceptors (Lipinski definition) is 6. The molecule has 0 spiro atoms. The first-order valence-electron chi connectivity index (χ1n) is 13.8. The summed E-state index contributed by atoms with van der Waals surface area (Å²) in [6, 6.07) is 20.5. The lowest BCUT2D eigenvalue weighted by Crippen LogP contribution is -2.68. The maximum Gasteiger partial charge on any atom is 0.330 e. The number of rotatable bonds is 10. The normalized spacial score (nSPS) is 20.7. The summed E-state index contributed by atoms with van der Waals surface area (Å²) in [4.78, 5) is 27.2. The smallest absolute Gasteiger partial charge is 0.330 e. The summed E-state index contributed by atoms with van der Waals surface area (Å²) in [5, 5.41) is 22.4. The van der Waals surface area contributed by atoms with Crippen LogP contribution in [0.5, 0.6) is 0 Å². The highest BCUT2D eigenvalue weighted by atomic mass is 28.4. The van der Waals surface area contributed by atoms with E-state index in [2.05, 4.69) is 50.0 Å². The third-order valence-corrected chi connectivity index (χ3v) is 12.6. The van der Waals surface area contributed by atoms with Crippen molar-refractivity contribution < 1.29 is 19.4 Å². The molecule has 9 heteroatoms. The zero-order valence-electron chi connectivity index (χ0n) is 23.6. The molecule has 214 valence electrons. The number of aryl methyl sites for hydroxylation is 1. The van der Waals surface area contributed by atoms with Gasteiger partial charge in [0.05, 0.1) is 12.2 Å². The van der Waals surface area contributed by atoms with E-state index in [1.807, 2.05) is 48.6 Å². The third kappa shape index (κ3) is 6.13. The van der Waals surface area contributed by atoms with Crippen LogP contribution in [-0.2, 0) is 9.16 Å². The zero-order chi connectivity index (χ0) is 28.9. The number of nitrogens with zero attached hydrogens (tertiary/aromatic N) is 1. The number of nitrogens with one attached hydrogen (secondary N) is 1. The molecule has 1 aliphatic rings. The Morgan fingerprint density at radius 2 is 1.68 bits per heavy atom. The van der Waals surface area contributed by atoms with Gasteiger partial charge < -0.3 is 19.4 Å². The monoisotopic (exact) mass is 564 g/mol. The van der Waals surface area contributed by atoms with Gasteiger partial charge in [-0.1, -0.05) is 93.6 Å². The van der Waals surface area contributed by atoms with Crippen LogP contribution >= 0.6 is 0 Å². The van der Waals surface area contributed by atoms with Gasteiger partial charge in [0.15, 0.2) is 0 Å². The number of benzene rings is 2. The van der Waals surface area contributed by atoms with E-state index in [0.29, 0.717) is 24.8 Å². The molecule has 4 atom stereocenters. The molecule has 3 N–H and O–H groups in total. The summed E-state index contributed by atoms with van der Waals surface area (Å²) < 4.78 is 15.1. The van der Waals surface area contributed by atoms with Crippen LogP contribution in [0.1, 0.15) is 51.8 Å². The largest absolute Gasteiger partial charge is 0.402 e. The number of aliphatic hydroxyl groups excluding tert-OH is 2. The van der Waals surface area contributed by atoms with E-state index in [1.165, 1.54) is 10.8 Å². The van der Waals surface area contributed by atoms with E-state index < -0.39 is 44.1 Å². The molecule has 0 aliphatic carbocycles. The Bertz CT molecular complexity index is 1360. The molecule has 1 aliphatic heterocycles. The molecule has 1 saturated heterocycles. The van der Waals surface area contributed by atoms with E-state index >= 15 is 0 Å². The lowest BCUT2D eigenvalue weighted by atomic mass is 10.0. The van der Waals surface area contributed by atoms with E-state index in [-0.39, 0.29) is 11.6 Å². The molecule has 4 rings (SSSR count). The molecule has 2 aromatic carbocycles. The molecule has 1 aromatic heterocycles. The van der Waals surface area contributed by atoms with Crippen molar-refractivity contribution in [3.05, 3.63) is 105 Å². The first-order chi connectivity index (χ1) is 19.1. The van der Waals surface area contributed by atoms with Crippen molar-refractivity contribution in [3.8, 4) is 0 Å². The van der Waals surface area contributed by atoms with Crippen molar-refractivity contribution in [2.75, 3.05) is 6.61 Å². The van der Waals surface area contributed by atoms with E-state index in [1.54, 1.807) is 6.92 Å². The second-order valence-corrected chi connectivity index (χ2v) is 15.6. The Morgan fingerprint density at radius 3 is 2.23 bits per heavy atom.